The van der Waals surface area contributed by atoms with E-state index in [2.05, 4.69) is 21.2 Å². The van der Waals surface area contributed by atoms with Gasteiger partial charge in [0.1, 0.15) is 6.04 Å². The Kier molecular flexibility index (Phi) is 6.20. The molecule has 1 rings (SSSR count). The Morgan fingerprint density at radius 1 is 1.30 bits per heavy atom. The molecule has 110 valence electrons. The predicted octanol–water partition coefficient (Wildman–Crippen LogP) is 2.45. The number of esters is 1. The van der Waals surface area contributed by atoms with Gasteiger partial charge in [0.15, 0.2) is 0 Å². The second-order valence-electron chi connectivity index (χ2n) is 4.94. The SMILES string of the molecule is CCOC(=O)[C@H](Cc1ccccc1)NC(=O)C(C)(C)Br. The molecule has 1 atom stereocenters. The zero-order valence-electron chi connectivity index (χ0n) is 12.0. The lowest BCUT2D eigenvalue weighted by molar-refractivity contribution is -0.147. The quantitative estimate of drug-likeness (QED) is 0.638. The number of carbonyl (C=O) groups excluding carboxylic acids is 2. The van der Waals surface area contributed by atoms with Crippen LogP contribution in [0.1, 0.15) is 26.3 Å². The van der Waals surface area contributed by atoms with Gasteiger partial charge in [0, 0.05) is 6.42 Å². The Morgan fingerprint density at radius 3 is 2.40 bits per heavy atom. The molecule has 0 aliphatic heterocycles. The van der Waals surface area contributed by atoms with Gasteiger partial charge in [-0.2, -0.15) is 0 Å². The topological polar surface area (TPSA) is 55.4 Å². The highest BCUT2D eigenvalue weighted by atomic mass is 79.9. The minimum Gasteiger partial charge on any atom is -0.464 e. The predicted molar refractivity (Wildman–Crippen MR) is 81.7 cm³/mol. The Hall–Kier alpha value is -1.36. The van der Waals surface area contributed by atoms with Crippen molar-refractivity contribution in [3.8, 4) is 0 Å². The van der Waals surface area contributed by atoms with Crippen LogP contribution in [0.5, 0.6) is 0 Å². The molecule has 0 aromatic heterocycles. The molecule has 4 nitrogen and oxygen atoms in total. The van der Waals surface area contributed by atoms with E-state index in [0.29, 0.717) is 6.42 Å². The molecule has 5 heteroatoms. The zero-order valence-corrected chi connectivity index (χ0v) is 13.6. The second-order valence-corrected chi connectivity index (χ2v) is 6.92. The fourth-order valence-corrected chi connectivity index (χ4v) is 1.73. The fourth-order valence-electron chi connectivity index (χ4n) is 1.62. The Bertz CT molecular complexity index is 454. The molecule has 0 aliphatic carbocycles. The second kappa shape index (κ2) is 7.43. The number of alkyl halides is 1. The van der Waals surface area contributed by atoms with E-state index in [4.69, 9.17) is 4.74 Å². The van der Waals surface area contributed by atoms with Gasteiger partial charge in [-0.1, -0.05) is 46.3 Å². The molecule has 0 saturated heterocycles. The summed E-state index contributed by atoms with van der Waals surface area (Å²) in [7, 11) is 0. The molecule has 1 N–H and O–H groups in total. The summed E-state index contributed by atoms with van der Waals surface area (Å²) < 4.78 is 4.29. The van der Waals surface area contributed by atoms with E-state index in [9.17, 15) is 9.59 Å². The zero-order chi connectivity index (χ0) is 15.2. The van der Waals surface area contributed by atoms with Crippen LogP contribution in [0.3, 0.4) is 0 Å². The third-order valence-corrected chi connectivity index (χ3v) is 3.06. The van der Waals surface area contributed by atoms with Crippen LogP contribution in [0.25, 0.3) is 0 Å². The molecule has 0 spiro atoms. The molecule has 0 saturated carbocycles. The monoisotopic (exact) mass is 341 g/mol. The first-order valence-corrected chi connectivity index (χ1v) is 7.34. The molecule has 1 amide bonds. The van der Waals surface area contributed by atoms with Crippen molar-refractivity contribution in [3.63, 3.8) is 0 Å². The Morgan fingerprint density at radius 2 is 1.90 bits per heavy atom. The lowest BCUT2D eigenvalue weighted by atomic mass is 10.0. The van der Waals surface area contributed by atoms with Crippen molar-refractivity contribution in [2.24, 2.45) is 0 Å². The van der Waals surface area contributed by atoms with Crippen molar-refractivity contribution in [2.75, 3.05) is 6.61 Å². The van der Waals surface area contributed by atoms with E-state index in [-0.39, 0.29) is 12.5 Å². The van der Waals surface area contributed by atoms with Gasteiger partial charge >= 0.3 is 5.97 Å². The maximum atomic E-state index is 12.0. The van der Waals surface area contributed by atoms with Gasteiger partial charge in [-0.25, -0.2) is 4.79 Å². The van der Waals surface area contributed by atoms with Crippen molar-refractivity contribution in [1.82, 2.24) is 5.32 Å². The third-order valence-electron chi connectivity index (χ3n) is 2.70. The molecule has 0 bridgehead atoms. The largest absolute Gasteiger partial charge is 0.464 e. The molecular formula is C15H20BrNO3. The lowest BCUT2D eigenvalue weighted by Gasteiger charge is -2.22. The summed E-state index contributed by atoms with van der Waals surface area (Å²) in [6.45, 7) is 5.49. The minimum absolute atomic E-state index is 0.244. The van der Waals surface area contributed by atoms with Gasteiger partial charge in [0.2, 0.25) is 5.91 Å². The summed E-state index contributed by atoms with van der Waals surface area (Å²) in [4.78, 5) is 24.0. The van der Waals surface area contributed by atoms with Crippen LogP contribution >= 0.6 is 15.9 Å². The number of carbonyl (C=O) groups is 2. The van der Waals surface area contributed by atoms with Crippen LogP contribution in [0.4, 0.5) is 0 Å². The summed E-state index contributed by atoms with van der Waals surface area (Å²) in [5, 5.41) is 2.73. The standard InChI is InChI=1S/C15H20BrNO3/c1-4-20-13(18)12(17-14(19)15(2,3)16)10-11-8-6-5-7-9-11/h5-9,12H,4,10H2,1-3H3,(H,17,19)/t12-/m0/s1. The van der Waals surface area contributed by atoms with Gasteiger partial charge in [-0.15, -0.1) is 0 Å². The number of rotatable bonds is 6. The number of amides is 1. The first kappa shape index (κ1) is 16.7. The number of hydrogen-bond donors (Lipinski definition) is 1. The van der Waals surface area contributed by atoms with Crippen molar-refractivity contribution in [2.45, 2.75) is 37.6 Å². The maximum absolute atomic E-state index is 12.0. The average Bonchev–Trinajstić information content (AvgIpc) is 2.38. The molecule has 0 radical (unpaired) electrons. The van der Waals surface area contributed by atoms with Gasteiger partial charge in [0.05, 0.1) is 10.9 Å². The molecule has 20 heavy (non-hydrogen) atoms. The lowest BCUT2D eigenvalue weighted by Crippen LogP contribution is -2.48. The van der Waals surface area contributed by atoms with Crippen molar-refractivity contribution in [1.29, 1.82) is 0 Å². The summed E-state index contributed by atoms with van der Waals surface area (Å²) >= 11 is 3.28. The molecule has 0 fully saturated rings. The number of hydrogen-bond acceptors (Lipinski definition) is 3. The van der Waals surface area contributed by atoms with E-state index in [1.165, 1.54) is 0 Å². The van der Waals surface area contributed by atoms with Gasteiger partial charge in [-0.05, 0) is 26.3 Å². The van der Waals surface area contributed by atoms with Gasteiger partial charge < -0.3 is 10.1 Å². The van der Waals surface area contributed by atoms with E-state index >= 15 is 0 Å². The van der Waals surface area contributed by atoms with Gasteiger partial charge in [-0.3, -0.25) is 4.79 Å². The highest BCUT2D eigenvalue weighted by Gasteiger charge is 2.29. The first-order chi connectivity index (χ1) is 9.34. The maximum Gasteiger partial charge on any atom is 0.328 e. The molecule has 0 aliphatic rings. The Labute approximate surface area is 128 Å². The average molecular weight is 342 g/mol. The van der Waals surface area contributed by atoms with Crippen LogP contribution in [0, 0.1) is 0 Å². The molecule has 1 aromatic rings. The van der Waals surface area contributed by atoms with E-state index < -0.39 is 16.3 Å². The van der Waals surface area contributed by atoms with E-state index in [1.807, 2.05) is 30.3 Å². The van der Waals surface area contributed by atoms with Crippen LogP contribution < -0.4 is 5.32 Å². The third kappa shape index (κ3) is 5.33. The molecule has 0 heterocycles. The normalized spacial score (nSPS) is 12.6. The number of benzene rings is 1. The molecule has 1 aromatic carbocycles. The number of nitrogens with one attached hydrogen (secondary N) is 1. The Balaban J connectivity index is 2.81. The summed E-state index contributed by atoms with van der Waals surface area (Å²) in [5.74, 6) is -0.659. The summed E-state index contributed by atoms with van der Waals surface area (Å²) in [5.41, 5.74) is 0.971. The van der Waals surface area contributed by atoms with Gasteiger partial charge in [0.25, 0.3) is 0 Å². The first-order valence-electron chi connectivity index (χ1n) is 6.55. The van der Waals surface area contributed by atoms with Crippen LogP contribution in [-0.4, -0.2) is 28.8 Å². The molecule has 0 unspecified atom stereocenters. The van der Waals surface area contributed by atoms with Crippen molar-refractivity contribution in [3.05, 3.63) is 35.9 Å². The van der Waals surface area contributed by atoms with Crippen molar-refractivity contribution >= 4 is 27.8 Å². The van der Waals surface area contributed by atoms with E-state index in [0.717, 1.165) is 5.56 Å². The number of halogens is 1. The van der Waals surface area contributed by atoms with Crippen LogP contribution in [-0.2, 0) is 20.7 Å². The van der Waals surface area contributed by atoms with Crippen LogP contribution in [0.15, 0.2) is 30.3 Å². The fraction of sp³-hybridized carbons (Fsp3) is 0.467. The smallest absolute Gasteiger partial charge is 0.328 e. The van der Waals surface area contributed by atoms with E-state index in [1.54, 1.807) is 20.8 Å². The highest BCUT2D eigenvalue weighted by Crippen LogP contribution is 2.16. The minimum atomic E-state index is -0.728. The highest BCUT2D eigenvalue weighted by molar-refractivity contribution is 9.10. The number of ether oxygens (including phenoxy) is 1. The van der Waals surface area contributed by atoms with Crippen LogP contribution in [0.2, 0.25) is 0 Å². The molecular weight excluding hydrogens is 322 g/mol. The van der Waals surface area contributed by atoms with Crippen molar-refractivity contribution < 1.29 is 14.3 Å². The summed E-state index contributed by atoms with van der Waals surface area (Å²) in [6.07, 6.45) is 0.411. The summed E-state index contributed by atoms with van der Waals surface area (Å²) in [6, 6.07) is 8.85.